The molecule has 0 rings (SSSR count). The van der Waals surface area contributed by atoms with E-state index < -0.39 is 8.32 Å². The molecule has 25 heavy (non-hydrogen) atoms. The third-order valence-corrected chi connectivity index (χ3v) is 9.47. The van der Waals surface area contributed by atoms with E-state index in [1.54, 1.807) is 6.92 Å². The smallest absolute Gasteiger partial charge is 0.333 e. The molecule has 0 fully saturated rings. The summed E-state index contributed by atoms with van der Waals surface area (Å²) in [5, 5.41) is 0.170. The van der Waals surface area contributed by atoms with Gasteiger partial charge in [-0.1, -0.05) is 68.0 Å². The van der Waals surface area contributed by atoms with E-state index in [4.69, 9.17) is 9.16 Å². The molecule has 0 unspecified atom stereocenters. The summed E-state index contributed by atoms with van der Waals surface area (Å²) in [6.07, 6.45) is 6.20. The summed E-state index contributed by atoms with van der Waals surface area (Å²) >= 11 is 2.24. The van der Waals surface area contributed by atoms with Gasteiger partial charge in [-0.3, -0.25) is 0 Å². The van der Waals surface area contributed by atoms with E-state index >= 15 is 0 Å². The largest absolute Gasteiger partial charge is 0.463 e. The Morgan fingerprint density at radius 2 is 1.80 bits per heavy atom. The van der Waals surface area contributed by atoms with Crippen LogP contribution in [0.1, 0.15) is 48.5 Å². The minimum Gasteiger partial charge on any atom is -0.463 e. The van der Waals surface area contributed by atoms with Crippen molar-refractivity contribution in [2.24, 2.45) is 5.92 Å². The van der Waals surface area contributed by atoms with Crippen LogP contribution in [0, 0.1) is 5.92 Å². The average molecular weight is 478 g/mol. The SMILES string of the molecule is CCOC(=O)/C(C)=C/C(C)=C/[C@@H](C)[C@@H](/C=C/I)O[Si](C)(C)C(C)(C)C. The van der Waals surface area contributed by atoms with E-state index in [0.717, 1.165) is 5.57 Å². The van der Waals surface area contributed by atoms with Crippen LogP contribution in [-0.4, -0.2) is 27.0 Å². The summed E-state index contributed by atoms with van der Waals surface area (Å²) in [7, 11) is -1.85. The number of esters is 1. The van der Waals surface area contributed by atoms with Gasteiger partial charge in [-0.2, -0.15) is 0 Å². The summed E-state index contributed by atoms with van der Waals surface area (Å²) in [4.78, 5) is 11.7. The highest BCUT2D eigenvalue weighted by Gasteiger charge is 2.39. The van der Waals surface area contributed by atoms with Crippen LogP contribution >= 0.6 is 22.6 Å². The number of hydrogen-bond donors (Lipinski definition) is 0. The number of carbonyl (C=O) groups excluding carboxylic acids is 1. The van der Waals surface area contributed by atoms with Gasteiger partial charge < -0.3 is 9.16 Å². The van der Waals surface area contributed by atoms with Crippen molar-refractivity contribution in [1.29, 1.82) is 0 Å². The van der Waals surface area contributed by atoms with Crippen LogP contribution in [0.2, 0.25) is 18.1 Å². The molecule has 144 valence electrons. The second kappa shape index (κ2) is 10.7. The molecule has 0 aliphatic heterocycles. The number of halogens is 1. The van der Waals surface area contributed by atoms with Gasteiger partial charge in [-0.25, -0.2) is 4.79 Å². The maximum Gasteiger partial charge on any atom is 0.333 e. The minimum atomic E-state index is -1.85. The van der Waals surface area contributed by atoms with Gasteiger partial charge >= 0.3 is 5.97 Å². The van der Waals surface area contributed by atoms with Crippen LogP contribution in [0.5, 0.6) is 0 Å². The predicted octanol–water partition coefficient (Wildman–Crippen LogP) is 6.42. The van der Waals surface area contributed by atoms with Crippen LogP contribution < -0.4 is 0 Å². The molecule has 5 heteroatoms. The molecule has 0 saturated carbocycles. The number of carbonyl (C=O) groups is 1. The first kappa shape index (κ1) is 24.6. The fourth-order valence-electron chi connectivity index (χ4n) is 2.11. The Hall–Kier alpha value is -0.403. The van der Waals surface area contributed by atoms with Crippen molar-refractivity contribution in [2.45, 2.75) is 72.7 Å². The van der Waals surface area contributed by atoms with Crippen molar-refractivity contribution in [3.8, 4) is 0 Å². The van der Waals surface area contributed by atoms with Crippen molar-refractivity contribution >= 4 is 36.9 Å². The molecule has 0 aromatic heterocycles. The fraction of sp³-hybridized carbons (Fsp3) is 0.650. The van der Waals surface area contributed by atoms with Gasteiger partial charge in [0.25, 0.3) is 0 Å². The Balaban J connectivity index is 5.32. The third-order valence-electron chi connectivity index (χ3n) is 4.58. The summed E-state index contributed by atoms with van der Waals surface area (Å²) in [5.41, 5.74) is 1.66. The Morgan fingerprint density at radius 3 is 2.24 bits per heavy atom. The van der Waals surface area contributed by atoms with Gasteiger partial charge in [0.1, 0.15) is 0 Å². The minimum absolute atomic E-state index is 0.0315. The predicted molar refractivity (Wildman–Crippen MR) is 119 cm³/mol. The maximum absolute atomic E-state index is 11.7. The van der Waals surface area contributed by atoms with E-state index in [0.29, 0.717) is 12.2 Å². The normalized spacial score (nSPS) is 16.9. The summed E-state index contributed by atoms with van der Waals surface area (Å²) in [5.74, 6) is -0.0458. The van der Waals surface area contributed by atoms with Crippen molar-refractivity contribution < 1.29 is 14.0 Å². The van der Waals surface area contributed by atoms with Crippen LogP contribution in [-0.2, 0) is 14.0 Å². The first-order chi connectivity index (χ1) is 11.4. The lowest BCUT2D eigenvalue weighted by molar-refractivity contribution is -0.138. The van der Waals surface area contributed by atoms with Crippen molar-refractivity contribution in [2.75, 3.05) is 6.61 Å². The fourth-order valence-corrected chi connectivity index (χ4v) is 3.85. The molecule has 0 amide bonds. The van der Waals surface area contributed by atoms with Crippen LogP contribution in [0.3, 0.4) is 0 Å². The molecule has 0 heterocycles. The molecule has 0 aromatic rings. The van der Waals surface area contributed by atoms with Crippen LogP contribution in [0.25, 0.3) is 0 Å². The lowest BCUT2D eigenvalue weighted by Gasteiger charge is -2.39. The number of allylic oxidation sites excluding steroid dienone is 2. The quantitative estimate of drug-likeness (QED) is 0.133. The van der Waals surface area contributed by atoms with Gasteiger partial charge in [0, 0.05) is 11.5 Å². The molecule has 0 aliphatic carbocycles. The van der Waals surface area contributed by atoms with E-state index in [1.165, 1.54) is 0 Å². The number of hydrogen-bond acceptors (Lipinski definition) is 3. The second-order valence-electron chi connectivity index (χ2n) is 7.98. The number of ether oxygens (including phenoxy) is 1. The molecule has 2 atom stereocenters. The van der Waals surface area contributed by atoms with Crippen molar-refractivity contribution in [3.63, 3.8) is 0 Å². The van der Waals surface area contributed by atoms with Crippen LogP contribution in [0.4, 0.5) is 0 Å². The topological polar surface area (TPSA) is 35.5 Å². The van der Waals surface area contributed by atoms with E-state index in [9.17, 15) is 4.79 Å². The molecular formula is C20H35IO3Si. The van der Waals surface area contributed by atoms with Gasteiger partial charge in [0.05, 0.1) is 12.7 Å². The van der Waals surface area contributed by atoms with E-state index in [2.05, 4.69) is 75.5 Å². The third kappa shape index (κ3) is 8.69. The lowest BCUT2D eigenvalue weighted by Crippen LogP contribution is -2.44. The standard InChI is InChI=1S/C20H35IO3Si/c1-10-23-19(22)17(4)14-15(2)13-16(3)18(11-12-21)24-25(8,9)20(5,6)7/h11-14,16,18H,10H2,1-9H3/b12-11+,15-13+,17-14+/t16-,18-/m1/s1. The van der Waals surface area contributed by atoms with E-state index in [1.807, 2.05) is 24.0 Å². The molecule has 0 radical (unpaired) electrons. The second-order valence-corrected chi connectivity index (χ2v) is 13.5. The molecule has 0 aliphatic rings. The van der Waals surface area contributed by atoms with Gasteiger partial charge in [-0.05, 0) is 49.1 Å². The first-order valence-corrected chi connectivity index (χ1v) is 13.0. The Labute approximate surface area is 169 Å². The zero-order chi connectivity index (χ0) is 19.8. The molecule has 3 nitrogen and oxygen atoms in total. The van der Waals surface area contributed by atoms with Crippen molar-refractivity contribution in [1.82, 2.24) is 0 Å². The summed E-state index contributed by atoms with van der Waals surface area (Å²) < 4.78 is 13.6. The summed E-state index contributed by atoms with van der Waals surface area (Å²) in [6, 6.07) is 0. The maximum atomic E-state index is 11.7. The average Bonchev–Trinajstić information content (AvgIpc) is 2.45. The zero-order valence-electron chi connectivity index (χ0n) is 17.3. The van der Waals surface area contributed by atoms with Gasteiger partial charge in [0.15, 0.2) is 8.32 Å². The summed E-state index contributed by atoms with van der Waals surface area (Å²) in [6.45, 7) is 19.5. The Morgan fingerprint density at radius 1 is 1.24 bits per heavy atom. The Kier molecular flexibility index (Phi) is 10.5. The molecule has 0 saturated heterocycles. The van der Waals surface area contributed by atoms with E-state index in [-0.39, 0.29) is 23.0 Å². The highest BCUT2D eigenvalue weighted by molar-refractivity contribution is 14.1. The van der Waals surface area contributed by atoms with Crippen LogP contribution in [0.15, 0.2) is 33.5 Å². The first-order valence-electron chi connectivity index (χ1n) is 8.84. The molecule has 0 spiro atoms. The number of rotatable bonds is 8. The molecule has 0 aromatic carbocycles. The molecule has 0 bridgehead atoms. The zero-order valence-corrected chi connectivity index (χ0v) is 20.4. The monoisotopic (exact) mass is 478 g/mol. The van der Waals surface area contributed by atoms with Gasteiger partial charge in [-0.15, -0.1) is 0 Å². The highest BCUT2D eigenvalue weighted by atomic mass is 127. The van der Waals surface area contributed by atoms with Crippen molar-refractivity contribution in [3.05, 3.63) is 33.5 Å². The Bertz CT molecular complexity index is 528. The van der Waals surface area contributed by atoms with Gasteiger partial charge in [0.2, 0.25) is 0 Å². The lowest BCUT2D eigenvalue weighted by atomic mass is 10.0. The highest BCUT2D eigenvalue weighted by Crippen LogP contribution is 2.38. The molecule has 0 N–H and O–H groups in total. The molecular weight excluding hydrogens is 443 g/mol.